The summed E-state index contributed by atoms with van der Waals surface area (Å²) in [5.41, 5.74) is 8.04. The summed E-state index contributed by atoms with van der Waals surface area (Å²) < 4.78 is 2.03. The Hall–Kier alpha value is -0.930. The van der Waals surface area contributed by atoms with Gasteiger partial charge in [-0.1, -0.05) is 11.6 Å². The van der Waals surface area contributed by atoms with E-state index in [0.717, 1.165) is 23.9 Å². The summed E-state index contributed by atoms with van der Waals surface area (Å²) in [4.78, 5) is 4.27. The second-order valence-corrected chi connectivity index (χ2v) is 4.59. The van der Waals surface area contributed by atoms with Crippen LogP contribution in [0.15, 0.2) is 12.1 Å². The third-order valence-electron chi connectivity index (χ3n) is 2.68. The Morgan fingerprint density at radius 2 is 2.07 bits per heavy atom. The molecule has 0 saturated heterocycles. The van der Waals surface area contributed by atoms with Crippen molar-refractivity contribution >= 4 is 39.9 Å². The van der Waals surface area contributed by atoms with Gasteiger partial charge in [0, 0.05) is 6.04 Å². The Morgan fingerprint density at radius 1 is 1.33 bits per heavy atom. The number of fused-ring (bicyclic) bond motifs is 1. The number of nitrogens with two attached hydrogens (primary N) is 1. The number of nitrogens with zero attached hydrogens (tertiary/aromatic N) is 2. The second-order valence-electron chi connectivity index (χ2n) is 3.84. The standard InChI is InChI=1S/C10H9Cl2N3/c11-6-3-9-8(4-7(6)13)14-10(12)15(9)5-1-2-5/h3-5H,1-2,13H2. The van der Waals surface area contributed by atoms with E-state index in [1.807, 2.05) is 10.6 Å². The molecule has 1 heterocycles. The van der Waals surface area contributed by atoms with E-state index in [2.05, 4.69) is 4.98 Å². The first-order valence-corrected chi connectivity index (χ1v) is 5.55. The molecule has 3 rings (SSSR count). The summed E-state index contributed by atoms with van der Waals surface area (Å²) in [5, 5.41) is 1.08. The average molecular weight is 242 g/mol. The van der Waals surface area contributed by atoms with Crippen LogP contribution in [-0.4, -0.2) is 9.55 Å². The van der Waals surface area contributed by atoms with Gasteiger partial charge in [0.15, 0.2) is 0 Å². The molecule has 2 aromatic rings. The molecule has 0 unspecified atom stereocenters. The minimum atomic E-state index is 0.488. The molecule has 1 aromatic carbocycles. The molecule has 1 aromatic heterocycles. The van der Waals surface area contributed by atoms with Crippen LogP contribution in [0.25, 0.3) is 11.0 Å². The highest BCUT2D eigenvalue weighted by molar-refractivity contribution is 6.34. The van der Waals surface area contributed by atoms with Gasteiger partial charge in [-0.15, -0.1) is 0 Å². The van der Waals surface area contributed by atoms with Crippen molar-refractivity contribution in [3.05, 3.63) is 22.4 Å². The van der Waals surface area contributed by atoms with Crippen LogP contribution < -0.4 is 5.73 Å². The monoisotopic (exact) mass is 241 g/mol. The molecular formula is C10H9Cl2N3. The van der Waals surface area contributed by atoms with Crippen molar-refractivity contribution in [3.63, 3.8) is 0 Å². The fourth-order valence-corrected chi connectivity index (χ4v) is 2.26. The third kappa shape index (κ3) is 1.38. The van der Waals surface area contributed by atoms with Gasteiger partial charge in [-0.25, -0.2) is 4.98 Å². The fraction of sp³-hybridized carbons (Fsp3) is 0.300. The molecule has 1 fully saturated rings. The van der Waals surface area contributed by atoms with E-state index in [1.165, 1.54) is 0 Å². The molecule has 0 amide bonds. The van der Waals surface area contributed by atoms with Crippen molar-refractivity contribution in [1.29, 1.82) is 0 Å². The highest BCUT2D eigenvalue weighted by atomic mass is 35.5. The first-order chi connectivity index (χ1) is 7.16. The van der Waals surface area contributed by atoms with Crippen molar-refractivity contribution < 1.29 is 0 Å². The largest absolute Gasteiger partial charge is 0.397 e. The van der Waals surface area contributed by atoms with E-state index in [9.17, 15) is 0 Å². The maximum Gasteiger partial charge on any atom is 0.204 e. The Morgan fingerprint density at radius 3 is 2.73 bits per heavy atom. The number of hydrogen-bond donors (Lipinski definition) is 1. The zero-order valence-corrected chi connectivity index (χ0v) is 9.39. The van der Waals surface area contributed by atoms with Gasteiger partial charge < -0.3 is 10.3 Å². The number of hydrogen-bond acceptors (Lipinski definition) is 2. The topological polar surface area (TPSA) is 43.8 Å². The minimum absolute atomic E-state index is 0.488. The number of rotatable bonds is 1. The Kier molecular flexibility index (Phi) is 1.88. The van der Waals surface area contributed by atoms with Crippen molar-refractivity contribution in [2.24, 2.45) is 0 Å². The lowest BCUT2D eigenvalue weighted by Gasteiger charge is -2.03. The lowest BCUT2D eigenvalue weighted by molar-refractivity contribution is 0.767. The summed E-state index contributed by atoms with van der Waals surface area (Å²) in [7, 11) is 0. The normalized spacial score (nSPS) is 16.1. The smallest absolute Gasteiger partial charge is 0.204 e. The Balaban J connectivity index is 2.34. The second kappa shape index (κ2) is 3.03. The molecule has 0 atom stereocenters. The van der Waals surface area contributed by atoms with Gasteiger partial charge in [-0.05, 0) is 36.6 Å². The van der Waals surface area contributed by atoms with Crippen LogP contribution in [0.3, 0.4) is 0 Å². The molecule has 1 aliphatic rings. The zero-order chi connectivity index (χ0) is 10.6. The first kappa shape index (κ1) is 9.31. The highest BCUT2D eigenvalue weighted by Crippen LogP contribution is 2.41. The molecule has 3 nitrogen and oxygen atoms in total. The average Bonchev–Trinajstić information content (AvgIpc) is 2.93. The molecule has 0 radical (unpaired) electrons. The summed E-state index contributed by atoms with van der Waals surface area (Å²) in [6, 6.07) is 4.09. The number of nitrogen functional groups attached to an aromatic ring is 1. The van der Waals surface area contributed by atoms with Crippen LogP contribution in [0.5, 0.6) is 0 Å². The number of anilines is 1. The number of benzene rings is 1. The number of imidazole rings is 1. The molecule has 78 valence electrons. The Labute approximate surface area is 96.8 Å². The van der Waals surface area contributed by atoms with Gasteiger partial charge >= 0.3 is 0 Å². The summed E-state index contributed by atoms with van der Waals surface area (Å²) >= 11 is 12.1. The maximum absolute atomic E-state index is 6.08. The van der Waals surface area contributed by atoms with Gasteiger partial charge in [0.25, 0.3) is 0 Å². The van der Waals surface area contributed by atoms with Crippen molar-refractivity contribution in [1.82, 2.24) is 9.55 Å². The van der Waals surface area contributed by atoms with Gasteiger partial charge in [0.2, 0.25) is 5.28 Å². The van der Waals surface area contributed by atoms with Gasteiger partial charge in [-0.2, -0.15) is 0 Å². The van der Waals surface area contributed by atoms with E-state index in [4.69, 9.17) is 28.9 Å². The van der Waals surface area contributed by atoms with Crippen LogP contribution in [0.2, 0.25) is 10.3 Å². The molecule has 1 saturated carbocycles. The molecule has 5 heteroatoms. The number of aromatic nitrogens is 2. The maximum atomic E-state index is 6.08. The first-order valence-electron chi connectivity index (χ1n) is 4.79. The molecule has 15 heavy (non-hydrogen) atoms. The van der Waals surface area contributed by atoms with E-state index in [0.29, 0.717) is 22.0 Å². The summed E-state index contributed by atoms with van der Waals surface area (Å²) in [6.45, 7) is 0. The van der Waals surface area contributed by atoms with E-state index in [-0.39, 0.29) is 0 Å². The van der Waals surface area contributed by atoms with E-state index in [1.54, 1.807) is 6.07 Å². The van der Waals surface area contributed by atoms with Gasteiger partial charge in [0.1, 0.15) is 0 Å². The molecule has 2 N–H and O–H groups in total. The predicted octanol–water partition coefficient (Wildman–Crippen LogP) is 3.26. The summed E-state index contributed by atoms with van der Waals surface area (Å²) in [6.07, 6.45) is 2.32. The van der Waals surface area contributed by atoms with Crippen molar-refractivity contribution in [2.75, 3.05) is 5.73 Å². The lowest BCUT2D eigenvalue weighted by Crippen LogP contribution is -1.93. The predicted molar refractivity (Wildman–Crippen MR) is 62.4 cm³/mol. The third-order valence-corrected chi connectivity index (χ3v) is 3.27. The van der Waals surface area contributed by atoms with E-state index >= 15 is 0 Å². The molecule has 0 spiro atoms. The van der Waals surface area contributed by atoms with Crippen LogP contribution >= 0.6 is 23.2 Å². The molecule has 0 bridgehead atoms. The highest BCUT2D eigenvalue weighted by Gasteiger charge is 2.27. The number of halogens is 2. The Bertz CT molecular complexity index is 543. The lowest BCUT2D eigenvalue weighted by atomic mass is 10.3. The van der Waals surface area contributed by atoms with Crippen LogP contribution in [-0.2, 0) is 0 Å². The van der Waals surface area contributed by atoms with Gasteiger partial charge in [0.05, 0.1) is 21.7 Å². The molecule has 0 aliphatic heterocycles. The molecular weight excluding hydrogens is 233 g/mol. The molecule has 1 aliphatic carbocycles. The van der Waals surface area contributed by atoms with Crippen molar-refractivity contribution in [3.8, 4) is 0 Å². The quantitative estimate of drug-likeness (QED) is 0.780. The van der Waals surface area contributed by atoms with Crippen LogP contribution in [0.1, 0.15) is 18.9 Å². The zero-order valence-electron chi connectivity index (χ0n) is 7.87. The summed E-state index contributed by atoms with van der Waals surface area (Å²) in [5.74, 6) is 0. The van der Waals surface area contributed by atoms with Crippen molar-refractivity contribution in [2.45, 2.75) is 18.9 Å². The van der Waals surface area contributed by atoms with E-state index < -0.39 is 0 Å². The minimum Gasteiger partial charge on any atom is -0.397 e. The van der Waals surface area contributed by atoms with Crippen LogP contribution in [0, 0.1) is 0 Å². The fourth-order valence-electron chi connectivity index (χ4n) is 1.78. The SMILES string of the molecule is Nc1cc2nc(Cl)n(C3CC3)c2cc1Cl. The van der Waals surface area contributed by atoms with Gasteiger partial charge in [-0.3, -0.25) is 0 Å². The van der Waals surface area contributed by atoms with Crippen LogP contribution in [0.4, 0.5) is 5.69 Å².